The van der Waals surface area contributed by atoms with Crippen molar-refractivity contribution in [1.82, 2.24) is 0 Å². The molecule has 0 bridgehead atoms. The van der Waals surface area contributed by atoms with Crippen LogP contribution in [0.1, 0.15) is 5.56 Å². The van der Waals surface area contributed by atoms with Crippen LogP contribution in [-0.2, 0) is 9.47 Å². The summed E-state index contributed by atoms with van der Waals surface area (Å²) in [5, 5.41) is 0.661. The molecule has 2 N–H and O–H groups in total. The Morgan fingerprint density at radius 3 is 2.90 bits per heavy atom. The van der Waals surface area contributed by atoms with Crippen molar-refractivity contribution in [2.45, 2.75) is 0 Å². The van der Waals surface area contributed by atoms with Gasteiger partial charge in [-0.25, -0.2) is 0 Å². The van der Waals surface area contributed by atoms with Crippen molar-refractivity contribution >= 4 is 29.2 Å². The lowest BCUT2D eigenvalue weighted by atomic mass is 10.1. The smallest absolute Gasteiger partial charge is 0.0658 e. The fourth-order valence-corrected chi connectivity index (χ4v) is 2.32. The van der Waals surface area contributed by atoms with Gasteiger partial charge in [0.05, 0.1) is 37.7 Å². The van der Waals surface area contributed by atoms with Gasteiger partial charge in [0.2, 0.25) is 0 Å². The zero-order chi connectivity index (χ0) is 14.4. The highest BCUT2D eigenvalue weighted by Gasteiger charge is 2.16. The zero-order valence-electron chi connectivity index (χ0n) is 11.6. The van der Waals surface area contributed by atoms with Crippen LogP contribution in [0.3, 0.4) is 0 Å². The maximum atomic E-state index is 6.23. The molecule has 1 aliphatic heterocycles. The molecule has 0 spiro atoms. The number of anilines is 2. The molecule has 1 heterocycles. The Morgan fingerprint density at radius 1 is 1.45 bits per heavy atom. The maximum absolute atomic E-state index is 6.23. The van der Waals surface area contributed by atoms with Crippen LogP contribution in [-0.4, -0.2) is 52.8 Å². The quantitative estimate of drug-likeness (QED) is 0.512. The van der Waals surface area contributed by atoms with Gasteiger partial charge in [-0.05, 0) is 12.1 Å². The third-order valence-corrected chi connectivity index (χ3v) is 3.38. The summed E-state index contributed by atoms with van der Waals surface area (Å²) in [5.74, 6) is 0. The first-order valence-corrected chi connectivity index (χ1v) is 7.00. The first-order valence-electron chi connectivity index (χ1n) is 6.63. The number of hydrogen-bond donors (Lipinski definition) is 1. The predicted molar refractivity (Wildman–Crippen MR) is 83.2 cm³/mol. The molecule has 6 heteroatoms. The van der Waals surface area contributed by atoms with Gasteiger partial charge in [0, 0.05) is 37.0 Å². The molecule has 1 fully saturated rings. The number of benzene rings is 1. The fourth-order valence-electron chi connectivity index (χ4n) is 2.10. The standard InChI is InChI=1S/C14H20ClN3O2/c1-19-5-2-17-10-11-8-12(15)9-13(14(11)16)18-3-6-20-7-4-18/h8-10H,2-7,16H2,1H3. The van der Waals surface area contributed by atoms with Gasteiger partial charge in [-0.1, -0.05) is 11.6 Å². The van der Waals surface area contributed by atoms with Gasteiger partial charge in [0.25, 0.3) is 0 Å². The molecule has 0 atom stereocenters. The van der Waals surface area contributed by atoms with Gasteiger partial charge in [0.1, 0.15) is 0 Å². The highest BCUT2D eigenvalue weighted by atomic mass is 35.5. The van der Waals surface area contributed by atoms with Crippen LogP contribution >= 0.6 is 11.6 Å². The second-order valence-corrected chi connectivity index (χ2v) is 4.99. The van der Waals surface area contributed by atoms with Crippen molar-refractivity contribution in [2.75, 3.05) is 57.2 Å². The molecule has 1 aromatic carbocycles. The lowest BCUT2D eigenvalue weighted by Crippen LogP contribution is -2.36. The number of nitrogen functional groups attached to an aromatic ring is 1. The average Bonchev–Trinajstić information content (AvgIpc) is 2.47. The fraction of sp³-hybridized carbons (Fsp3) is 0.500. The van der Waals surface area contributed by atoms with E-state index in [1.807, 2.05) is 12.1 Å². The molecule has 0 radical (unpaired) electrons. The number of aliphatic imine (C=N–C) groups is 1. The van der Waals surface area contributed by atoms with E-state index >= 15 is 0 Å². The minimum Gasteiger partial charge on any atom is -0.397 e. The Morgan fingerprint density at radius 2 is 2.20 bits per heavy atom. The number of methoxy groups -OCH3 is 1. The van der Waals surface area contributed by atoms with Crippen LogP contribution in [0.15, 0.2) is 17.1 Å². The topological polar surface area (TPSA) is 60.1 Å². The molecule has 1 aromatic rings. The summed E-state index contributed by atoms with van der Waals surface area (Å²) in [6, 6.07) is 3.73. The van der Waals surface area contributed by atoms with Crippen LogP contribution in [0.4, 0.5) is 11.4 Å². The van der Waals surface area contributed by atoms with E-state index in [-0.39, 0.29) is 0 Å². The number of rotatable bonds is 5. The van der Waals surface area contributed by atoms with E-state index in [4.69, 9.17) is 26.8 Å². The average molecular weight is 298 g/mol. The highest BCUT2D eigenvalue weighted by Crippen LogP contribution is 2.30. The molecule has 0 amide bonds. The SMILES string of the molecule is COCCN=Cc1cc(Cl)cc(N2CCOCC2)c1N. The summed E-state index contributed by atoms with van der Waals surface area (Å²) in [4.78, 5) is 6.48. The Labute approximate surface area is 124 Å². The number of morpholine rings is 1. The van der Waals surface area contributed by atoms with E-state index in [9.17, 15) is 0 Å². The van der Waals surface area contributed by atoms with Crippen LogP contribution < -0.4 is 10.6 Å². The summed E-state index contributed by atoms with van der Waals surface area (Å²) in [6.07, 6.45) is 1.75. The van der Waals surface area contributed by atoms with Gasteiger partial charge in [-0.15, -0.1) is 0 Å². The third kappa shape index (κ3) is 3.85. The van der Waals surface area contributed by atoms with Gasteiger partial charge in [-0.2, -0.15) is 0 Å². The largest absolute Gasteiger partial charge is 0.397 e. The van der Waals surface area contributed by atoms with E-state index in [1.54, 1.807) is 13.3 Å². The summed E-state index contributed by atoms with van der Waals surface area (Å²) in [5.41, 5.74) is 8.74. The Balaban J connectivity index is 2.20. The van der Waals surface area contributed by atoms with E-state index < -0.39 is 0 Å². The van der Waals surface area contributed by atoms with Crippen molar-refractivity contribution in [3.8, 4) is 0 Å². The molecule has 1 saturated heterocycles. The molecule has 2 rings (SSSR count). The first-order chi connectivity index (χ1) is 9.72. The van der Waals surface area contributed by atoms with E-state index in [0.29, 0.717) is 37.1 Å². The lowest BCUT2D eigenvalue weighted by molar-refractivity contribution is 0.123. The normalized spacial score (nSPS) is 16.0. The Bertz CT molecular complexity index is 474. The Kier molecular flexibility index (Phi) is 5.64. The summed E-state index contributed by atoms with van der Waals surface area (Å²) in [7, 11) is 1.65. The minimum atomic E-state index is 0.591. The second-order valence-electron chi connectivity index (χ2n) is 4.56. The van der Waals surface area contributed by atoms with Crippen LogP contribution in [0.25, 0.3) is 0 Å². The monoisotopic (exact) mass is 297 g/mol. The third-order valence-electron chi connectivity index (χ3n) is 3.16. The van der Waals surface area contributed by atoms with Crippen molar-refractivity contribution in [1.29, 1.82) is 0 Å². The predicted octanol–water partition coefficient (Wildman–Crippen LogP) is 1.82. The van der Waals surface area contributed by atoms with Gasteiger partial charge < -0.3 is 20.1 Å². The maximum Gasteiger partial charge on any atom is 0.0658 e. The molecule has 5 nitrogen and oxygen atoms in total. The molecule has 0 unspecified atom stereocenters. The van der Waals surface area contributed by atoms with Crippen LogP contribution in [0, 0.1) is 0 Å². The highest BCUT2D eigenvalue weighted by molar-refractivity contribution is 6.31. The molecule has 0 aliphatic carbocycles. The molecule has 0 aromatic heterocycles. The number of nitrogens with two attached hydrogens (primary N) is 1. The van der Waals surface area contributed by atoms with Gasteiger partial charge >= 0.3 is 0 Å². The minimum absolute atomic E-state index is 0.591. The summed E-state index contributed by atoms with van der Waals surface area (Å²) in [6.45, 7) is 4.27. The molecular weight excluding hydrogens is 278 g/mol. The molecule has 1 aliphatic rings. The number of nitrogens with zero attached hydrogens (tertiary/aromatic N) is 2. The second kappa shape index (κ2) is 7.47. The Hall–Kier alpha value is -1.30. The van der Waals surface area contributed by atoms with Gasteiger partial charge in [0.15, 0.2) is 0 Å². The van der Waals surface area contributed by atoms with E-state index in [1.165, 1.54) is 0 Å². The van der Waals surface area contributed by atoms with Crippen molar-refractivity contribution in [3.05, 3.63) is 22.7 Å². The van der Waals surface area contributed by atoms with Crippen molar-refractivity contribution in [2.24, 2.45) is 4.99 Å². The number of halogens is 1. The zero-order valence-corrected chi connectivity index (χ0v) is 12.4. The molecule has 20 heavy (non-hydrogen) atoms. The lowest BCUT2D eigenvalue weighted by Gasteiger charge is -2.30. The summed E-state index contributed by atoms with van der Waals surface area (Å²) >= 11 is 6.18. The van der Waals surface area contributed by atoms with E-state index in [2.05, 4.69) is 9.89 Å². The van der Waals surface area contributed by atoms with Crippen molar-refractivity contribution < 1.29 is 9.47 Å². The molecule has 110 valence electrons. The first kappa shape index (κ1) is 15.1. The number of hydrogen-bond acceptors (Lipinski definition) is 5. The van der Waals surface area contributed by atoms with Gasteiger partial charge in [-0.3, -0.25) is 4.99 Å². The number of ether oxygens (including phenoxy) is 2. The van der Waals surface area contributed by atoms with Crippen molar-refractivity contribution in [3.63, 3.8) is 0 Å². The van der Waals surface area contributed by atoms with Crippen LogP contribution in [0.5, 0.6) is 0 Å². The van der Waals surface area contributed by atoms with E-state index in [0.717, 1.165) is 24.3 Å². The molecular formula is C14H20ClN3O2. The molecule has 0 saturated carbocycles. The summed E-state index contributed by atoms with van der Waals surface area (Å²) < 4.78 is 10.3. The van der Waals surface area contributed by atoms with Crippen LogP contribution in [0.2, 0.25) is 5.02 Å².